The highest BCUT2D eigenvalue weighted by Gasteiger charge is 2.04. The van der Waals surface area contributed by atoms with Crippen LogP contribution in [-0.4, -0.2) is 37.0 Å². The van der Waals surface area contributed by atoms with Crippen molar-refractivity contribution >= 4 is 0 Å². The molecule has 118 valence electrons. The SMILES string of the molecule is Cc1ccc(CN(C)CCN(C)Cc2ccc(C)cc2)cc1. The molecule has 2 aromatic carbocycles. The zero-order valence-electron chi connectivity index (χ0n) is 14.3. The van der Waals surface area contributed by atoms with Gasteiger partial charge in [-0.3, -0.25) is 0 Å². The number of aryl methyl sites for hydroxylation is 2. The van der Waals surface area contributed by atoms with Crippen LogP contribution in [0.2, 0.25) is 0 Å². The fourth-order valence-electron chi connectivity index (χ4n) is 2.51. The molecule has 0 unspecified atom stereocenters. The Morgan fingerprint density at radius 2 is 0.909 bits per heavy atom. The van der Waals surface area contributed by atoms with Gasteiger partial charge in [0.05, 0.1) is 0 Å². The number of hydrogen-bond donors (Lipinski definition) is 0. The van der Waals surface area contributed by atoms with Crippen LogP contribution in [0.4, 0.5) is 0 Å². The lowest BCUT2D eigenvalue weighted by molar-refractivity contribution is 0.247. The van der Waals surface area contributed by atoms with Gasteiger partial charge in [-0.25, -0.2) is 0 Å². The van der Waals surface area contributed by atoms with Gasteiger partial charge in [-0.15, -0.1) is 0 Å². The molecule has 0 aliphatic rings. The Labute approximate surface area is 135 Å². The Morgan fingerprint density at radius 1 is 0.591 bits per heavy atom. The summed E-state index contributed by atoms with van der Waals surface area (Å²) in [6.07, 6.45) is 0. The van der Waals surface area contributed by atoms with Gasteiger partial charge in [0, 0.05) is 26.2 Å². The van der Waals surface area contributed by atoms with E-state index in [1.807, 2.05) is 0 Å². The number of hydrogen-bond acceptors (Lipinski definition) is 2. The van der Waals surface area contributed by atoms with E-state index in [2.05, 4.69) is 86.3 Å². The molecular formula is C20H28N2. The predicted molar refractivity (Wildman–Crippen MR) is 95.0 cm³/mol. The smallest absolute Gasteiger partial charge is 0.0231 e. The van der Waals surface area contributed by atoms with Crippen molar-refractivity contribution in [3.05, 3.63) is 70.8 Å². The highest BCUT2D eigenvalue weighted by atomic mass is 15.2. The standard InChI is InChI=1S/C20H28N2/c1-17-5-9-19(10-6-17)15-21(3)13-14-22(4)16-20-11-7-18(2)8-12-20/h5-12H,13-16H2,1-4H3. The molecule has 0 aliphatic heterocycles. The first kappa shape index (κ1) is 16.7. The molecule has 0 aliphatic carbocycles. The molecule has 2 aromatic rings. The lowest BCUT2D eigenvalue weighted by Crippen LogP contribution is -2.30. The third kappa shape index (κ3) is 5.63. The summed E-state index contributed by atoms with van der Waals surface area (Å²) in [6.45, 7) is 8.45. The fourth-order valence-corrected chi connectivity index (χ4v) is 2.51. The average Bonchev–Trinajstić information content (AvgIpc) is 2.50. The van der Waals surface area contributed by atoms with E-state index in [0.29, 0.717) is 0 Å². The molecule has 2 rings (SSSR count). The summed E-state index contributed by atoms with van der Waals surface area (Å²) in [4.78, 5) is 4.77. The van der Waals surface area contributed by atoms with Gasteiger partial charge in [0.2, 0.25) is 0 Å². The molecule has 0 spiro atoms. The summed E-state index contributed by atoms with van der Waals surface area (Å²) >= 11 is 0. The topological polar surface area (TPSA) is 6.48 Å². The van der Waals surface area contributed by atoms with Gasteiger partial charge in [-0.1, -0.05) is 59.7 Å². The van der Waals surface area contributed by atoms with Crippen LogP contribution in [0.5, 0.6) is 0 Å². The van der Waals surface area contributed by atoms with Gasteiger partial charge < -0.3 is 9.80 Å². The van der Waals surface area contributed by atoms with Gasteiger partial charge in [0.25, 0.3) is 0 Å². The van der Waals surface area contributed by atoms with E-state index in [1.165, 1.54) is 22.3 Å². The van der Waals surface area contributed by atoms with Crippen LogP contribution in [0.25, 0.3) is 0 Å². The quantitative estimate of drug-likeness (QED) is 0.765. The van der Waals surface area contributed by atoms with E-state index >= 15 is 0 Å². The molecule has 0 atom stereocenters. The minimum Gasteiger partial charge on any atom is -0.301 e. The molecule has 0 fully saturated rings. The van der Waals surface area contributed by atoms with Crippen LogP contribution in [0, 0.1) is 13.8 Å². The minimum absolute atomic E-state index is 1.01. The first-order valence-corrected chi connectivity index (χ1v) is 8.01. The highest BCUT2D eigenvalue weighted by Crippen LogP contribution is 2.07. The zero-order valence-corrected chi connectivity index (χ0v) is 14.3. The average molecular weight is 296 g/mol. The minimum atomic E-state index is 1.01. The molecule has 22 heavy (non-hydrogen) atoms. The zero-order chi connectivity index (χ0) is 15.9. The van der Waals surface area contributed by atoms with Crippen LogP contribution in [-0.2, 0) is 13.1 Å². The van der Waals surface area contributed by atoms with Crippen molar-refractivity contribution in [1.29, 1.82) is 0 Å². The summed E-state index contributed by atoms with van der Waals surface area (Å²) < 4.78 is 0. The molecular weight excluding hydrogens is 268 g/mol. The van der Waals surface area contributed by atoms with Crippen molar-refractivity contribution in [2.24, 2.45) is 0 Å². The molecule has 0 N–H and O–H groups in total. The number of rotatable bonds is 7. The molecule has 0 aromatic heterocycles. The van der Waals surface area contributed by atoms with Crippen LogP contribution in [0.15, 0.2) is 48.5 Å². The Bertz CT molecular complexity index is 504. The molecule has 0 saturated carbocycles. The predicted octanol–water partition coefficient (Wildman–Crippen LogP) is 3.87. The molecule has 0 amide bonds. The van der Waals surface area contributed by atoms with E-state index in [-0.39, 0.29) is 0 Å². The Kier molecular flexibility index (Phi) is 6.17. The molecule has 2 heteroatoms. The van der Waals surface area contributed by atoms with E-state index < -0.39 is 0 Å². The van der Waals surface area contributed by atoms with Gasteiger partial charge >= 0.3 is 0 Å². The first-order valence-electron chi connectivity index (χ1n) is 8.01. The van der Waals surface area contributed by atoms with Crippen molar-refractivity contribution in [2.45, 2.75) is 26.9 Å². The first-order chi connectivity index (χ1) is 10.5. The fraction of sp³-hybridized carbons (Fsp3) is 0.400. The van der Waals surface area contributed by atoms with Gasteiger partial charge in [0.1, 0.15) is 0 Å². The van der Waals surface area contributed by atoms with Gasteiger partial charge in [-0.05, 0) is 39.1 Å². The molecule has 0 radical (unpaired) electrons. The largest absolute Gasteiger partial charge is 0.301 e. The maximum absolute atomic E-state index is 2.39. The van der Waals surface area contributed by atoms with E-state index in [0.717, 1.165) is 26.2 Å². The Balaban J connectivity index is 1.74. The van der Waals surface area contributed by atoms with E-state index in [4.69, 9.17) is 0 Å². The number of nitrogens with zero attached hydrogens (tertiary/aromatic N) is 2. The van der Waals surface area contributed by atoms with Crippen LogP contribution in [0.3, 0.4) is 0 Å². The summed E-state index contributed by atoms with van der Waals surface area (Å²) in [6, 6.07) is 17.6. The molecule has 2 nitrogen and oxygen atoms in total. The normalized spacial score (nSPS) is 11.4. The maximum Gasteiger partial charge on any atom is 0.0231 e. The molecule has 0 heterocycles. The Morgan fingerprint density at radius 3 is 1.23 bits per heavy atom. The lowest BCUT2D eigenvalue weighted by Gasteiger charge is -2.22. The number of likely N-dealkylation sites (N-methyl/N-ethyl adjacent to an activating group) is 2. The second-order valence-electron chi connectivity index (χ2n) is 6.45. The van der Waals surface area contributed by atoms with Crippen molar-refractivity contribution in [3.8, 4) is 0 Å². The van der Waals surface area contributed by atoms with Crippen LogP contribution >= 0.6 is 0 Å². The number of benzene rings is 2. The van der Waals surface area contributed by atoms with Gasteiger partial charge in [0.15, 0.2) is 0 Å². The van der Waals surface area contributed by atoms with Gasteiger partial charge in [-0.2, -0.15) is 0 Å². The van der Waals surface area contributed by atoms with E-state index in [9.17, 15) is 0 Å². The second kappa shape index (κ2) is 8.11. The van der Waals surface area contributed by atoms with Crippen molar-refractivity contribution in [3.63, 3.8) is 0 Å². The third-order valence-electron chi connectivity index (χ3n) is 4.01. The summed E-state index contributed by atoms with van der Waals surface area (Å²) in [5.41, 5.74) is 5.41. The summed E-state index contributed by atoms with van der Waals surface area (Å²) in [7, 11) is 4.39. The maximum atomic E-state index is 2.39. The van der Waals surface area contributed by atoms with Crippen LogP contribution in [0.1, 0.15) is 22.3 Å². The van der Waals surface area contributed by atoms with Crippen LogP contribution < -0.4 is 0 Å². The highest BCUT2D eigenvalue weighted by molar-refractivity contribution is 5.22. The van der Waals surface area contributed by atoms with Crippen molar-refractivity contribution < 1.29 is 0 Å². The van der Waals surface area contributed by atoms with Crippen molar-refractivity contribution in [1.82, 2.24) is 9.80 Å². The van der Waals surface area contributed by atoms with Crippen molar-refractivity contribution in [2.75, 3.05) is 27.2 Å². The molecule has 0 bridgehead atoms. The molecule has 0 saturated heterocycles. The third-order valence-corrected chi connectivity index (χ3v) is 4.01. The summed E-state index contributed by atoms with van der Waals surface area (Å²) in [5.74, 6) is 0. The monoisotopic (exact) mass is 296 g/mol. The second-order valence-corrected chi connectivity index (χ2v) is 6.45. The summed E-state index contributed by atoms with van der Waals surface area (Å²) in [5, 5.41) is 0. The lowest BCUT2D eigenvalue weighted by atomic mass is 10.1. The Hall–Kier alpha value is -1.64. The van der Waals surface area contributed by atoms with E-state index in [1.54, 1.807) is 0 Å².